The molecular weight excluding hydrogens is 207 g/mol. The SMILES string of the molecule is CC(=O)c1ccc(F)cc1CCC[C@H](C)O. The number of rotatable bonds is 5. The van der Waals surface area contributed by atoms with Crippen molar-refractivity contribution in [3.63, 3.8) is 0 Å². The van der Waals surface area contributed by atoms with Crippen LogP contribution >= 0.6 is 0 Å². The van der Waals surface area contributed by atoms with E-state index in [0.717, 1.165) is 12.0 Å². The summed E-state index contributed by atoms with van der Waals surface area (Å²) in [4.78, 5) is 11.3. The predicted octanol–water partition coefficient (Wildman–Crippen LogP) is 2.73. The van der Waals surface area contributed by atoms with Gasteiger partial charge in [0.05, 0.1) is 6.10 Å². The summed E-state index contributed by atoms with van der Waals surface area (Å²) in [5.41, 5.74) is 1.31. The third-order valence-electron chi connectivity index (χ3n) is 2.51. The number of hydrogen-bond donors (Lipinski definition) is 1. The summed E-state index contributed by atoms with van der Waals surface area (Å²) < 4.78 is 13.0. The lowest BCUT2D eigenvalue weighted by atomic mass is 9.98. The number of Topliss-reactive ketones (excluding diaryl/α,β-unsaturated/α-hetero) is 1. The van der Waals surface area contributed by atoms with E-state index in [-0.39, 0.29) is 17.7 Å². The largest absolute Gasteiger partial charge is 0.393 e. The molecule has 0 aliphatic carbocycles. The molecule has 1 rings (SSSR count). The molecule has 0 amide bonds. The first kappa shape index (κ1) is 12.8. The van der Waals surface area contributed by atoms with Crippen molar-refractivity contribution in [2.75, 3.05) is 0 Å². The molecule has 0 heterocycles. The highest BCUT2D eigenvalue weighted by Crippen LogP contribution is 2.15. The maximum atomic E-state index is 13.0. The average Bonchev–Trinajstić information content (AvgIpc) is 2.16. The summed E-state index contributed by atoms with van der Waals surface area (Å²) in [6.07, 6.45) is 1.68. The van der Waals surface area contributed by atoms with Crippen LogP contribution in [-0.2, 0) is 6.42 Å². The first-order valence-electron chi connectivity index (χ1n) is 5.48. The summed E-state index contributed by atoms with van der Waals surface area (Å²) >= 11 is 0. The van der Waals surface area contributed by atoms with Crippen LogP contribution in [0.4, 0.5) is 4.39 Å². The van der Waals surface area contributed by atoms with Gasteiger partial charge in [-0.25, -0.2) is 4.39 Å². The van der Waals surface area contributed by atoms with Crippen molar-refractivity contribution >= 4 is 5.78 Å². The zero-order valence-corrected chi connectivity index (χ0v) is 9.66. The molecule has 0 aromatic heterocycles. The zero-order chi connectivity index (χ0) is 12.1. The third-order valence-corrected chi connectivity index (χ3v) is 2.51. The van der Waals surface area contributed by atoms with Gasteiger partial charge in [-0.15, -0.1) is 0 Å². The van der Waals surface area contributed by atoms with Gasteiger partial charge in [0.25, 0.3) is 0 Å². The first-order chi connectivity index (χ1) is 7.50. The van der Waals surface area contributed by atoms with Crippen LogP contribution in [0.2, 0.25) is 0 Å². The minimum Gasteiger partial charge on any atom is -0.393 e. The Balaban J connectivity index is 2.76. The second kappa shape index (κ2) is 5.75. The second-order valence-corrected chi connectivity index (χ2v) is 4.10. The summed E-state index contributed by atoms with van der Waals surface area (Å²) in [6, 6.07) is 4.23. The van der Waals surface area contributed by atoms with Gasteiger partial charge in [-0.2, -0.15) is 0 Å². The van der Waals surface area contributed by atoms with E-state index in [0.29, 0.717) is 18.4 Å². The number of aliphatic hydroxyl groups excluding tert-OH is 1. The fourth-order valence-corrected chi connectivity index (χ4v) is 1.70. The lowest BCUT2D eigenvalue weighted by molar-refractivity contribution is 0.101. The second-order valence-electron chi connectivity index (χ2n) is 4.10. The molecule has 0 aliphatic rings. The molecule has 2 nitrogen and oxygen atoms in total. The van der Waals surface area contributed by atoms with Gasteiger partial charge >= 0.3 is 0 Å². The molecule has 0 radical (unpaired) electrons. The van der Waals surface area contributed by atoms with Gasteiger partial charge in [0.2, 0.25) is 0 Å². The molecule has 0 bridgehead atoms. The van der Waals surface area contributed by atoms with Crippen molar-refractivity contribution in [2.24, 2.45) is 0 Å². The van der Waals surface area contributed by atoms with Gasteiger partial charge in [0, 0.05) is 5.56 Å². The monoisotopic (exact) mass is 224 g/mol. The van der Waals surface area contributed by atoms with Crippen molar-refractivity contribution in [2.45, 2.75) is 39.2 Å². The van der Waals surface area contributed by atoms with Crippen LogP contribution in [0, 0.1) is 5.82 Å². The van der Waals surface area contributed by atoms with Crippen molar-refractivity contribution in [1.82, 2.24) is 0 Å². The Morgan fingerprint density at radius 3 is 2.75 bits per heavy atom. The van der Waals surface area contributed by atoms with E-state index >= 15 is 0 Å². The maximum Gasteiger partial charge on any atom is 0.160 e. The fraction of sp³-hybridized carbons (Fsp3) is 0.462. The Morgan fingerprint density at radius 1 is 1.50 bits per heavy atom. The molecule has 1 N–H and O–H groups in total. The molecule has 0 saturated carbocycles. The quantitative estimate of drug-likeness (QED) is 0.781. The summed E-state index contributed by atoms with van der Waals surface area (Å²) in [5, 5.41) is 9.12. The highest BCUT2D eigenvalue weighted by molar-refractivity contribution is 5.95. The van der Waals surface area contributed by atoms with E-state index in [1.807, 2.05) is 0 Å². The van der Waals surface area contributed by atoms with E-state index < -0.39 is 0 Å². The van der Waals surface area contributed by atoms with Crippen molar-refractivity contribution < 1.29 is 14.3 Å². The van der Waals surface area contributed by atoms with Gasteiger partial charge in [0.15, 0.2) is 5.78 Å². The number of benzene rings is 1. The molecule has 0 spiro atoms. The Labute approximate surface area is 95.1 Å². The first-order valence-corrected chi connectivity index (χ1v) is 5.48. The fourth-order valence-electron chi connectivity index (χ4n) is 1.70. The highest BCUT2D eigenvalue weighted by Gasteiger charge is 2.08. The number of carbonyl (C=O) groups excluding carboxylic acids is 1. The molecule has 3 heteroatoms. The number of aryl methyl sites for hydroxylation is 1. The van der Waals surface area contributed by atoms with Crippen molar-refractivity contribution in [3.05, 3.63) is 35.1 Å². The summed E-state index contributed by atoms with van der Waals surface area (Å²) in [6.45, 7) is 3.20. The maximum absolute atomic E-state index is 13.0. The number of hydrogen-bond acceptors (Lipinski definition) is 2. The Bertz CT molecular complexity index is 372. The topological polar surface area (TPSA) is 37.3 Å². The van der Waals surface area contributed by atoms with Gasteiger partial charge in [-0.1, -0.05) is 0 Å². The number of halogens is 1. The standard InChI is InChI=1S/C13H17FO2/c1-9(15)4-3-5-11-8-12(14)6-7-13(11)10(2)16/h6-9,15H,3-5H2,1-2H3/t9-/m0/s1. The van der Waals surface area contributed by atoms with E-state index in [2.05, 4.69) is 0 Å². The van der Waals surface area contributed by atoms with Gasteiger partial charge < -0.3 is 5.11 Å². The lowest BCUT2D eigenvalue weighted by Crippen LogP contribution is -2.04. The summed E-state index contributed by atoms with van der Waals surface area (Å²) in [7, 11) is 0. The average molecular weight is 224 g/mol. The van der Waals surface area contributed by atoms with Crippen molar-refractivity contribution in [3.8, 4) is 0 Å². The molecule has 88 valence electrons. The number of aliphatic hydroxyl groups is 1. The van der Waals surface area contributed by atoms with E-state index in [9.17, 15) is 9.18 Å². The lowest BCUT2D eigenvalue weighted by Gasteiger charge is -2.08. The number of ketones is 1. The Kier molecular flexibility index (Phi) is 4.62. The van der Waals surface area contributed by atoms with E-state index in [4.69, 9.17) is 5.11 Å². The third kappa shape index (κ3) is 3.74. The predicted molar refractivity (Wildman–Crippen MR) is 61.0 cm³/mol. The molecule has 1 aromatic rings. The zero-order valence-electron chi connectivity index (χ0n) is 9.66. The van der Waals surface area contributed by atoms with Crippen LogP contribution < -0.4 is 0 Å². The molecule has 0 saturated heterocycles. The molecule has 16 heavy (non-hydrogen) atoms. The van der Waals surface area contributed by atoms with Crippen LogP contribution in [0.3, 0.4) is 0 Å². The molecule has 1 aromatic carbocycles. The minimum atomic E-state index is -0.352. The normalized spacial score (nSPS) is 12.5. The molecule has 1 atom stereocenters. The van der Waals surface area contributed by atoms with Crippen LogP contribution in [0.1, 0.15) is 42.6 Å². The molecular formula is C13H17FO2. The van der Waals surface area contributed by atoms with Crippen LogP contribution in [0.15, 0.2) is 18.2 Å². The van der Waals surface area contributed by atoms with Crippen LogP contribution in [-0.4, -0.2) is 17.0 Å². The van der Waals surface area contributed by atoms with Crippen LogP contribution in [0.5, 0.6) is 0 Å². The van der Waals surface area contributed by atoms with E-state index in [1.54, 1.807) is 6.92 Å². The number of carbonyl (C=O) groups is 1. The van der Waals surface area contributed by atoms with Gasteiger partial charge in [0.1, 0.15) is 5.82 Å². The van der Waals surface area contributed by atoms with Gasteiger partial charge in [-0.05, 0) is 56.9 Å². The Hall–Kier alpha value is -1.22. The van der Waals surface area contributed by atoms with Gasteiger partial charge in [-0.3, -0.25) is 4.79 Å². The smallest absolute Gasteiger partial charge is 0.160 e. The van der Waals surface area contributed by atoms with Crippen molar-refractivity contribution in [1.29, 1.82) is 0 Å². The molecule has 0 unspecified atom stereocenters. The molecule has 0 fully saturated rings. The molecule has 0 aliphatic heterocycles. The van der Waals surface area contributed by atoms with Crippen LogP contribution in [0.25, 0.3) is 0 Å². The minimum absolute atomic E-state index is 0.0490. The van der Waals surface area contributed by atoms with E-state index in [1.165, 1.54) is 25.1 Å². The highest BCUT2D eigenvalue weighted by atomic mass is 19.1. The summed E-state index contributed by atoms with van der Waals surface area (Å²) in [5.74, 6) is -0.371. The Morgan fingerprint density at radius 2 is 2.19 bits per heavy atom.